The number of nitrogens with zero attached hydrogens (tertiary/aromatic N) is 2. The van der Waals surface area contributed by atoms with Gasteiger partial charge in [0.1, 0.15) is 11.5 Å². The normalized spacial score (nSPS) is 10.9. The number of rotatable bonds is 4. The minimum atomic E-state index is -0.449. The molecule has 7 heteroatoms. The van der Waals surface area contributed by atoms with Crippen LogP contribution in [0.4, 0.5) is 4.39 Å². The van der Waals surface area contributed by atoms with Crippen molar-refractivity contribution in [3.8, 4) is 11.3 Å². The van der Waals surface area contributed by atoms with Gasteiger partial charge < -0.3 is 0 Å². The lowest BCUT2D eigenvalue weighted by Gasteiger charge is -1.96. The number of H-pyrrole nitrogens is 1. The van der Waals surface area contributed by atoms with Crippen molar-refractivity contribution in [1.82, 2.24) is 15.6 Å². The first-order chi connectivity index (χ1) is 11.6. The summed E-state index contributed by atoms with van der Waals surface area (Å²) in [6, 6.07) is 14.6. The molecule has 24 heavy (non-hydrogen) atoms. The van der Waals surface area contributed by atoms with E-state index in [-0.39, 0.29) is 11.5 Å². The predicted molar refractivity (Wildman–Crippen MR) is 90.5 cm³/mol. The van der Waals surface area contributed by atoms with Crippen LogP contribution in [0.3, 0.4) is 0 Å². The predicted octanol–water partition coefficient (Wildman–Crippen LogP) is 3.63. The quantitative estimate of drug-likeness (QED) is 0.561. The van der Waals surface area contributed by atoms with E-state index in [1.807, 2.05) is 12.1 Å². The lowest BCUT2D eigenvalue weighted by atomic mass is 10.1. The van der Waals surface area contributed by atoms with Gasteiger partial charge >= 0.3 is 0 Å². The summed E-state index contributed by atoms with van der Waals surface area (Å²) in [6.07, 6.45) is 1.36. The molecule has 0 spiro atoms. The van der Waals surface area contributed by atoms with E-state index in [2.05, 4.69) is 20.7 Å². The lowest BCUT2D eigenvalue weighted by molar-refractivity contribution is 0.0950. The van der Waals surface area contributed by atoms with Crippen molar-refractivity contribution in [2.45, 2.75) is 0 Å². The molecule has 0 aliphatic rings. The van der Waals surface area contributed by atoms with Crippen molar-refractivity contribution in [2.24, 2.45) is 5.10 Å². The Morgan fingerprint density at radius 3 is 2.75 bits per heavy atom. The highest BCUT2D eigenvalue weighted by Crippen LogP contribution is 2.20. The van der Waals surface area contributed by atoms with Gasteiger partial charge in [0.15, 0.2) is 0 Å². The Morgan fingerprint density at radius 1 is 1.21 bits per heavy atom. The molecule has 0 atom stereocenters. The summed E-state index contributed by atoms with van der Waals surface area (Å²) in [4.78, 5) is 12.0. The molecule has 120 valence electrons. The Bertz CT molecular complexity index is 890. The Labute approximate surface area is 142 Å². The standard InChI is InChI=1S/C17H12ClFN4O/c18-13-6-4-12(5-7-13)15-9-16(22-21-15)17(24)23-20-10-11-2-1-3-14(19)8-11/h1-10H,(H,21,22)(H,23,24). The van der Waals surface area contributed by atoms with Gasteiger partial charge in [-0.15, -0.1) is 0 Å². The molecule has 0 saturated heterocycles. The summed E-state index contributed by atoms with van der Waals surface area (Å²) in [5, 5.41) is 11.2. The highest BCUT2D eigenvalue weighted by Gasteiger charge is 2.10. The first-order valence-electron chi connectivity index (χ1n) is 7.02. The van der Waals surface area contributed by atoms with Crippen molar-refractivity contribution in [3.05, 3.63) is 76.7 Å². The average Bonchev–Trinajstić information content (AvgIpc) is 3.05. The van der Waals surface area contributed by atoms with E-state index in [9.17, 15) is 9.18 Å². The number of amides is 1. The molecule has 0 fully saturated rings. The van der Waals surface area contributed by atoms with Gasteiger partial charge in [-0.2, -0.15) is 10.2 Å². The van der Waals surface area contributed by atoms with Gasteiger partial charge in [0.05, 0.1) is 11.9 Å². The molecule has 0 saturated carbocycles. The number of hydrogen-bond acceptors (Lipinski definition) is 3. The van der Waals surface area contributed by atoms with Gasteiger partial charge in [-0.1, -0.05) is 35.9 Å². The molecule has 0 bridgehead atoms. The number of carbonyl (C=O) groups is 1. The Hall–Kier alpha value is -2.99. The fraction of sp³-hybridized carbons (Fsp3) is 0. The molecule has 0 aliphatic heterocycles. The van der Waals surface area contributed by atoms with Gasteiger partial charge in [-0.25, -0.2) is 9.82 Å². The van der Waals surface area contributed by atoms with Gasteiger partial charge in [-0.05, 0) is 35.9 Å². The second-order valence-corrected chi connectivity index (χ2v) is 5.36. The Morgan fingerprint density at radius 2 is 2.00 bits per heavy atom. The molecule has 2 N–H and O–H groups in total. The highest BCUT2D eigenvalue weighted by molar-refractivity contribution is 6.30. The third kappa shape index (κ3) is 3.85. The summed E-state index contributed by atoms with van der Waals surface area (Å²) in [7, 11) is 0. The fourth-order valence-electron chi connectivity index (χ4n) is 2.02. The number of carbonyl (C=O) groups excluding carboxylic acids is 1. The molecular weight excluding hydrogens is 331 g/mol. The number of hydrazone groups is 1. The van der Waals surface area contributed by atoms with Gasteiger partial charge in [0, 0.05) is 10.6 Å². The van der Waals surface area contributed by atoms with E-state index in [1.54, 1.807) is 30.3 Å². The number of aromatic amines is 1. The maximum atomic E-state index is 13.0. The van der Waals surface area contributed by atoms with E-state index in [0.717, 1.165) is 5.56 Å². The van der Waals surface area contributed by atoms with E-state index in [4.69, 9.17) is 11.6 Å². The first-order valence-corrected chi connectivity index (χ1v) is 7.40. The minimum absolute atomic E-state index is 0.261. The smallest absolute Gasteiger partial charge is 0.272 e. The molecular formula is C17H12ClFN4O. The highest BCUT2D eigenvalue weighted by atomic mass is 35.5. The SMILES string of the molecule is O=C(NN=Cc1cccc(F)c1)c1cc(-c2ccc(Cl)cc2)n[nH]1. The van der Waals surface area contributed by atoms with Crippen LogP contribution < -0.4 is 5.43 Å². The molecule has 1 aromatic heterocycles. The summed E-state index contributed by atoms with van der Waals surface area (Å²) in [6.45, 7) is 0. The van der Waals surface area contributed by atoms with Crippen LogP contribution >= 0.6 is 11.6 Å². The summed E-state index contributed by atoms with van der Waals surface area (Å²) in [5.74, 6) is -0.818. The Balaban J connectivity index is 1.66. The van der Waals surface area contributed by atoms with Crippen LogP contribution in [-0.2, 0) is 0 Å². The zero-order valence-corrected chi connectivity index (χ0v) is 13.1. The van der Waals surface area contributed by atoms with Crippen LogP contribution in [0.2, 0.25) is 5.02 Å². The number of aromatic nitrogens is 2. The maximum Gasteiger partial charge on any atom is 0.289 e. The van der Waals surface area contributed by atoms with Gasteiger partial charge in [0.2, 0.25) is 0 Å². The van der Waals surface area contributed by atoms with E-state index < -0.39 is 5.91 Å². The second-order valence-electron chi connectivity index (χ2n) is 4.93. The molecule has 1 amide bonds. The van der Waals surface area contributed by atoms with Crippen LogP contribution in [0.15, 0.2) is 59.7 Å². The van der Waals surface area contributed by atoms with E-state index in [1.165, 1.54) is 18.3 Å². The van der Waals surface area contributed by atoms with E-state index in [0.29, 0.717) is 16.3 Å². The van der Waals surface area contributed by atoms with Crippen LogP contribution in [0, 0.1) is 5.82 Å². The van der Waals surface area contributed by atoms with Gasteiger partial charge in [-0.3, -0.25) is 9.89 Å². The first kappa shape index (κ1) is 15.9. The van der Waals surface area contributed by atoms with Crippen LogP contribution in [0.1, 0.15) is 16.1 Å². The van der Waals surface area contributed by atoms with Crippen molar-refractivity contribution >= 4 is 23.7 Å². The third-order valence-corrected chi connectivity index (χ3v) is 3.44. The molecule has 2 aromatic carbocycles. The van der Waals surface area contributed by atoms with Crippen LogP contribution in [-0.4, -0.2) is 22.3 Å². The zero-order chi connectivity index (χ0) is 16.9. The van der Waals surface area contributed by atoms with Crippen LogP contribution in [0.5, 0.6) is 0 Å². The number of hydrogen-bond donors (Lipinski definition) is 2. The molecule has 0 radical (unpaired) electrons. The summed E-state index contributed by atoms with van der Waals surface area (Å²) in [5.41, 5.74) is 4.61. The fourth-order valence-corrected chi connectivity index (χ4v) is 2.15. The summed E-state index contributed by atoms with van der Waals surface area (Å²) < 4.78 is 13.0. The average molecular weight is 343 g/mol. The molecule has 0 aliphatic carbocycles. The molecule has 5 nitrogen and oxygen atoms in total. The largest absolute Gasteiger partial charge is 0.289 e. The van der Waals surface area contributed by atoms with Gasteiger partial charge in [0.25, 0.3) is 5.91 Å². The van der Waals surface area contributed by atoms with E-state index >= 15 is 0 Å². The van der Waals surface area contributed by atoms with Crippen molar-refractivity contribution in [2.75, 3.05) is 0 Å². The zero-order valence-electron chi connectivity index (χ0n) is 12.3. The van der Waals surface area contributed by atoms with Crippen molar-refractivity contribution < 1.29 is 9.18 Å². The second kappa shape index (κ2) is 7.06. The monoisotopic (exact) mass is 342 g/mol. The van der Waals surface area contributed by atoms with Crippen LogP contribution in [0.25, 0.3) is 11.3 Å². The topological polar surface area (TPSA) is 70.1 Å². The maximum absolute atomic E-state index is 13.0. The molecule has 1 heterocycles. The molecule has 3 rings (SSSR count). The minimum Gasteiger partial charge on any atom is -0.272 e. The number of halogens is 2. The summed E-state index contributed by atoms with van der Waals surface area (Å²) >= 11 is 5.84. The molecule has 0 unspecified atom stereocenters. The van der Waals surface area contributed by atoms with Crippen molar-refractivity contribution in [1.29, 1.82) is 0 Å². The lowest BCUT2D eigenvalue weighted by Crippen LogP contribution is -2.18. The van der Waals surface area contributed by atoms with Crippen molar-refractivity contribution in [3.63, 3.8) is 0 Å². The number of nitrogens with one attached hydrogen (secondary N) is 2. The molecule has 3 aromatic rings. The Kier molecular flexibility index (Phi) is 4.67. The third-order valence-electron chi connectivity index (χ3n) is 3.19. The number of benzene rings is 2.